The first-order valence-electron chi connectivity index (χ1n) is 3.92. The molecule has 0 saturated heterocycles. The topological polar surface area (TPSA) is 49.3 Å². The Morgan fingerprint density at radius 3 is 2.64 bits per heavy atom. The van der Waals surface area contributed by atoms with E-state index in [1.165, 1.54) is 19.1 Å². The van der Waals surface area contributed by atoms with Crippen molar-refractivity contribution in [3.8, 4) is 5.75 Å². The van der Waals surface area contributed by atoms with Crippen molar-refractivity contribution < 1.29 is 9.90 Å². The average molecular weight is 234 g/mol. The van der Waals surface area contributed by atoms with Gasteiger partial charge in [-0.3, -0.25) is 4.79 Å². The third-order valence-corrected chi connectivity index (χ3v) is 2.21. The van der Waals surface area contributed by atoms with Gasteiger partial charge in [0.15, 0.2) is 0 Å². The fourth-order valence-electron chi connectivity index (χ4n) is 0.978. The van der Waals surface area contributed by atoms with Crippen LogP contribution in [0.15, 0.2) is 12.1 Å². The molecule has 0 fully saturated rings. The molecule has 0 unspecified atom stereocenters. The molecule has 3 nitrogen and oxygen atoms in total. The molecule has 0 heterocycles. The van der Waals surface area contributed by atoms with Gasteiger partial charge in [0, 0.05) is 24.1 Å². The highest BCUT2D eigenvalue weighted by atomic mass is 35.5. The number of hydrogen-bond acceptors (Lipinski definition) is 2. The second-order valence-electron chi connectivity index (χ2n) is 2.80. The minimum Gasteiger partial charge on any atom is -0.507 e. The lowest BCUT2D eigenvalue weighted by Gasteiger charge is -2.07. The average Bonchev–Trinajstić information content (AvgIpc) is 2.01. The van der Waals surface area contributed by atoms with Gasteiger partial charge in [-0.2, -0.15) is 0 Å². The van der Waals surface area contributed by atoms with E-state index >= 15 is 0 Å². The van der Waals surface area contributed by atoms with Crippen LogP contribution in [0.25, 0.3) is 0 Å². The predicted octanol–water partition coefficient (Wildman–Crippen LogP) is 2.34. The van der Waals surface area contributed by atoms with E-state index in [4.69, 9.17) is 23.2 Å². The van der Waals surface area contributed by atoms with E-state index in [0.29, 0.717) is 15.6 Å². The van der Waals surface area contributed by atoms with E-state index in [0.717, 1.165) is 0 Å². The molecule has 1 aromatic carbocycles. The first kappa shape index (κ1) is 11.1. The molecule has 14 heavy (non-hydrogen) atoms. The number of amides is 1. The van der Waals surface area contributed by atoms with E-state index in [1.54, 1.807) is 0 Å². The largest absolute Gasteiger partial charge is 0.507 e. The van der Waals surface area contributed by atoms with Gasteiger partial charge in [-0.15, -0.1) is 0 Å². The number of halogens is 2. The third-order valence-electron chi connectivity index (χ3n) is 1.65. The zero-order valence-corrected chi connectivity index (χ0v) is 8.99. The number of aromatic hydroxyl groups is 1. The zero-order valence-electron chi connectivity index (χ0n) is 7.47. The van der Waals surface area contributed by atoms with Gasteiger partial charge in [0.25, 0.3) is 0 Å². The van der Waals surface area contributed by atoms with Crippen LogP contribution < -0.4 is 5.32 Å². The molecule has 0 aliphatic carbocycles. The van der Waals surface area contributed by atoms with Gasteiger partial charge in [-0.05, 0) is 12.1 Å². The normalized spacial score (nSPS) is 9.93. The summed E-state index contributed by atoms with van der Waals surface area (Å²) < 4.78 is 0. The van der Waals surface area contributed by atoms with Crippen molar-refractivity contribution in [2.45, 2.75) is 13.5 Å². The van der Waals surface area contributed by atoms with Crippen molar-refractivity contribution in [2.24, 2.45) is 0 Å². The molecule has 0 aliphatic heterocycles. The van der Waals surface area contributed by atoms with Crippen LogP contribution in [0.5, 0.6) is 5.75 Å². The van der Waals surface area contributed by atoms with Gasteiger partial charge in [-0.25, -0.2) is 0 Å². The SMILES string of the molecule is CC(=O)NCc1c(O)cc(Cl)cc1Cl. The molecule has 5 heteroatoms. The molecule has 76 valence electrons. The summed E-state index contributed by atoms with van der Waals surface area (Å²) in [6, 6.07) is 2.89. The molecule has 0 aliphatic rings. The number of rotatable bonds is 2. The van der Waals surface area contributed by atoms with Crippen LogP contribution in [-0.4, -0.2) is 11.0 Å². The Balaban J connectivity index is 2.91. The van der Waals surface area contributed by atoms with Crippen LogP contribution in [0.2, 0.25) is 10.0 Å². The molecular weight excluding hydrogens is 225 g/mol. The van der Waals surface area contributed by atoms with Gasteiger partial charge in [-0.1, -0.05) is 23.2 Å². The molecule has 0 spiro atoms. The summed E-state index contributed by atoms with van der Waals surface area (Å²) in [4.78, 5) is 10.6. The van der Waals surface area contributed by atoms with Crippen LogP contribution in [0.1, 0.15) is 12.5 Å². The minimum atomic E-state index is -0.185. The molecule has 0 atom stereocenters. The van der Waals surface area contributed by atoms with Crippen molar-refractivity contribution in [1.82, 2.24) is 5.32 Å². The maximum Gasteiger partial charge on any atom is 0.217 e. The lowest BCUT2D eigenvalue weighted by Crippen LogP contribution is -2.19. The minimum absolute atomic E-state index is 0.0174. The Kier molecular flexibility index (Phi) is 3.61. The first-order chi connectivity index (χ1) is 6.50. The first-order valence-corrected chi connectivity index (χ1v) is 4.67. The predicted molar refractivity (Wildman–Crippen MR) is 55.6 cm³/mol. The van der Waals surface area contributed by atoms with Crippen molar-refractivity contribution in [3.05, 3.63) is 27.7 Å². The zero-order chi connectivity index (χ0) is 10.7. The van der Waals surface area contributed by atoms with Gasteiger partial charge < -0.3 is 10.4 Å². The van der Waals surface area contributed by atoms with Crippen molar-refractivity contribution in [1.29, 1.82) is 0 Å². The fourth-order valence-corrected chi connectivity index (χ4v) is 1.53. The highest BCUT2D eigenvalue weighted by molar-refractivity contribution is 6.35. The van der Waals surface area contributed by atoms with E-state index < -0.39 is 0 Å². The highest BCUT2D eigenvalue weighted by Crippen LogP contribution is 2.29. The van der Waals surface area contributed by atoms with Crippen molar-refractivity contribution >= 4 is 29.1 Å². The summed E-state index contributed by atoms with van der Waals surface area (Å²) in [7, 11) is 0. The molecular formula is C9H9Cl2NO2. The Hall–Kier alpha value is -0.930. The Morgan fingerprint density at radius 2 is 2.14 bits per heavy atom. The van der Waals surface area contributed by atoms with E-state index in [2.05, 4.69) is 5.32 Å². The molecule has 1 amide bonds. The van der Waals surface area contributed by atoms with E-state index in [9.17, 15) is 9.90 Å². The summed E-state index contributed by atoms with van der Waals surface area (Å²) in [5.74, 6) is -0.202. The standard InChI is InChI=1S/C9H9Cl2NO2/c1-5(13)12-4-7-8(11)2-6(10)3-9(7)14/h2-3,14H,4H2,1H3,(H,12,13). The number of carbonyl (C=O) groups is 1. The number of hydrogen-bond donors (Lipinski definition) is 2. The maximum atomic E-state index is 10.6. The van der Waals surface area contributed by atoms with Crippen LogP contribution in [0, 0.1) is 0 Å². The van der Waals surface area contributed by atoms with Crippen LogP contribution in [0.4, 0.5) is 0 Å². The molecule has 0 saturated carbocycles. The van der Waals surface area contributed by atoms with Crippen LogP contribution in [-0.2, 0) is 11.3 Å². The summed E-state index contributed by atoms with van der Waals surface area (Å²) in [5.41, 5.74) is 0.464. The fraction of sp³-hybridized carbons (Fsp3) is 0.222. The summed E-state index contributed by atoms with van der Waals surface area (Å²) in [5, 5.41) is 12.7. The molecule has 1 aromatic rings. The molecule has 0 radical (unpaired) electrons. The summed E-state index contributed by atoms with van der Waals surface area (Å²) in [6.07, 6.45) is 0. The quantitative estimate of drug-likeness (QED) is 0.824. The smallest absolute Gasteiger partial charge is 0.217 e. The van der Waals surface area contributed by atoms with Gasteiger partial charge >= 0.3 is 0 Å². The second-order valence-corrected chi connectivity index (χ2v) is 3.64. The number of carbonyl (C=O) groups excluding carboxylic acids is 1. The summed E-state index contributed by atoms with van der Waals surface area (Å²) >= 11 is 11.5. The van der Waals surface area contributed by atoms with Crippen molar-refractivity contribution in [2.75, 3.05) is 0 Å². The Labute approximate surface area is 91.6 Å². The maximum absolute atomic E-state index is 10.6. The van der Waals surface area contributed by atoms with Crippen LogP contribution in [0.3, 0.4) is 0 Å². The third kappa shape index (κ3) is 2.79. The number of phenols is 1. The molecule has 0 bridgehead atoms. The summed E-state index contributed by atoms with van der Waals surface area (Å²) in [6.45, 7) is 1.58. The second kappa shape index (κ2) is 4.53. The van der Waals surface area contributed by atoms with Crippen LogP contribution >= 0.6 is 23.2 Å². The monoisotopic (exact) mass is 233 g/mol. The highest BCUT2D eigenvalue weighted by Gasteiger charge is 2.08. The molecule has 2 N–H and O–H groups in total. The number of phenolic OH excluding ortho intramolecular Hbond substituents is 1. The number of benzene rings is 1. The van der Waals surface area contributed by atoms with E-state index in [-0.39, 0.29) is 18.2 Å². The van der Waals surface area contributed by atoms with Gasteiger partial charge in [0.2, 0.25) is 5.91 Å². The Morgan fingerprint density at radius 1 is 1.50 bits per heavy atom. The molecule has 1 rings (SSSR count). The van der Waals surface area contributed by atoms with Gasteiger partial charge in [0.1, 0.15) is 5.75 Å². The molecule has 0 aromatic heterocycles. The lowest BCUT2D eigenvalue weighted by molar-refractivity contribution is -0.119. The lowest BCUT2D eigenvalue weighted by atomic mass is 10.2. The van der Waals surface area contributed by atoms with Gasteiger partial charge in [0.05, 0.1) is 5.02 Å². The van der Waals surface area contributed by atoms with Crippen molar-refractivity contribution in [3.63, 3.8) is 0 Å². The number of nitrogens with one attached hydrogen (secondary N) is 1. The Bertz CT molecular complexity index is 343. The van der Waals surface area contributed by atoms with E-state index in [1.807, 2.05) is 0 Å².